The van der Waals surface area contributed by atoms with E-state index in [2.05, 4.69) is 10.4 Å². The van der Waals surface area contributed by atoms with Crippen molar-refractivity contribution in [2.75, 3.05) is 5.32 Å². The highest BCUT2D eigenvalue weighted by Gasteiger charge is 2.17. The number of anilines is 1. The summed E-state index contributed by atoms with van der Waals surface area (Å²) in [4.78, 5) is 23.4. The summed E-state index contributed by atoms with van der Waals surface area (Å²) in [6.45, 7) is 1.73. The van der Waals surface area contributed by atoms with Crippen LogP contribution in [0.5, 0.6) is 0 Å². The van der Waals surface area contributed by atoms with Crippen LogP contribution in [-0.4, -0.2) is 26.8 Å². The van der Waals surface area contributed by atoms with Crippen LogP contribution in [-0.2, 0) is 4.79 Å². The Bertz CT molecular complexity index is 1140. The summed E-state index contributed by atoms with van der Waals surface area (Å²) in [6, 6.07) is 16.7. The van der Waals surface area contributed by atoms with E-state index in [1.165, 1.54) is 35.0 Å². The average Bonchev–Trinajstić information content (AvgIpc) is 3.00. The molecule has 1 aromatic heterocycles. The summed E-state index contributed by atoms with van der Waals surface area (Å²) >= 11 is 6.44. The van der Waals surface area contributed by atoms with Crippen molar-refractivity contribution >= 4 is 35.2 Å². The number of amides is 1. The van der Waals surface area contributed by atoms with Gasteiger partial charge in [-0.25, -0.2) is 9.48 Å². The predicted molar refractivity (Wildman–Crippen MR) is 109 cm³/mol. The SMILES string of the molecule is Cc1nn(-c2ccccc2)c(Cl)c1/C=C(\C#N)C(=O)Nc1ccc(C(=O)O)cc1. The van der Waals surface area contributed by atoms with Gasteiger partial charge in [0, 0.05) is 11.3 Å². The topological polar surface area (TPSA) is 108 Å². The van der Waals surface area contributed by atoms with Gasteiger partial charge in [-0.3, -0.25) is 4.79 Å². The molecule has 0 saturated heterocycles. The Morgan fingerprint density at radius 1 is 1.17 bits per heavy atom. The number of nitriles is 1. The third kappa shape index (κ3) is 4.34. The first-order chi connectivity index (χ1) is 13.9. The highest BCUT2D eigenvalue weighted by molar-refractivity contribution is 6.31. The van der Waals surface area contributed by atoms with Crippen molar-refractivity contribution < 1.29 is 14.7 Å². The minimum atomic E-state index is -1.07. The van der Waals surface area contributed by atoms with Gasteiger partial charge in [-0.1, -0.05) is 29.8 Å². The molecule has 0 bridgehead atoms. The quantitative estimate of drug-likeness (QED) is 0.490. The monoisotopic (exact) mass is 406 g/mol. The maximum Gasteiger partial charge on any atom is 0.335 e. The second kappa shape index (κ2) is 8.42. The zero-order valence-corrected chi connectivity index (χ0v) is 16.0. The van der Waals surface area contributed by atoms with E-state index in [-0.39, 0.29) is 16.3 Å². The van der Waals surface area contributed by atoms with Gasteiger partial charge in [-0.2, -0.15) is 10.4 Å². The fourth-order valence-corrected chi connectivity index (χ4v) is 2.93. The molecule has 0 unspecified atom stereocenters. The largest absolute Gasteiger partial charge is 0.478 e. The maximum atomic E-state index is 12.5. The Morgan fingerprint density at radius 2 is 1.83 bits per heavy atom. The molecule has 1 heterocycles. The summed E-state index contributed by atoms with van der Waals surface area (Å²) in [5, 5.41) is 25.6. The van der Waals surface area contributed by atoms with Gasteiger partial charge >= 0.3 is 5.97 Å². The molecule has 144 valence electrons. The molecule has 0 aliphatic heterocycles. The molecular weight excluding hydrogens is 392 g/mol. The van der Waals surface area contributed by atoms with E-state index in [1.54, 1.807) is 6.92 Å². The van der Waals surface area contributed by atoms with Crippen molar-refractivity contribution in [3.05, 3.63) is 82.1 Å². The lowest BCUT2D eigenvalue weighted by molar-refractivity contribution is -0.112. The van der Waals surface area contributed by atoms with Crippen LogP contribution in [0.25, 0.3) is 11.8 Å². The van der Waals surface area contributed by atoms with E-state index in [0.717, 1.165) is 5.69 Å². The van der Waals surface area contributed by atoms with Crippen molar-refractivity contribution in [2.45, 2.75) is 6.92 Å². The lowest BCUT2D eigenvalue weighted by Crippen LogP contribution is -2.13. The van der Waals surface area contributed by atoms with Crippen LogP contribution in [0.2, 0.25) is 5.15 Å². The van der Waals surface area contributed by atoms with Crippen LogP contribution < -0.4 is 5.32 Å². The number of carbonyl (C=O) groups excluding carboxylic acids is 1. The molecule has 0 saturated carbocycles. The molecule has 2 aromatic carbocycles. The van der Waals surface area contributed by atoms with E-state index in [4.69, 9.17) is 16.7 Å². The summed E-state index contributed by atoms with van der Waals surface area (Å²) in [5.41, 5.74) is 2.07. The number of benzene rings is 2. The molecule has 0 fully saturated rings. The molecule has 0 atom stereocenters. The van der Waals surface area contributed by atoms with Gasteiger partial charge in [0.2, 0.25) is 0 Å². The van der Waals surface area contributed by atoms with Gasteiger partial charge in [0.05, 0.1) is 16.9 Å². The van der Waals surface area contributed by atoms with Crippen LogP contribution >= 0.6 is 11.6 Å². The normalized spacial score (nSPS) is 11.0. The molecular formula is C21H15ClN4O3. The van der Waals surface area contributed by atoms with Crippen molar-refractivity contribution in [1.82, 2.24) is 9.78 Å². The summed E-state index contributed by atoms with van der Waals surface area (Å²) in [6.07, 6.45) is 1.38. The number of nitrogens with zero attached hydrogens (tertiary/aromatic N) is 3. The highest BCUT2D eigenvalue weighted by Crippen LogP contribution is 2.26. The molecule has 1 amide bonds. The maximum absolute atomic E-state index is 12.5. The fourth-order valence-electron chi connectivity index (χ4n) is 2.60. The molecule has 0 radical (unpaired) electrons. The Morgan fingerprint density at radius 3 is 2.41 bits per heavy atom. The zero-order chi connectivity index (χ0) is 21.0. The van der Waals surface area contributed by atoms with Crippen LogP contribution in [0.4, 0.5) is 5.69 Å². The van der Waals surface area contributed by atoms with E-state index in [9.17, 15) is 14.9 Å². The molecule has 0 spiro atoms. The van der Waals surface area contributed by atoms with E-state index >= 15 is 0 Å². The average molecular weight is 407 g/mol. The standard InChI is InChI=1S/C21H15ClN4O3/c1-13-18(19(22)26(25-13)17-5-3-2-4-6-17)11-15(12-23)20(27)24-16-9-7-14(8-10-16)21(28)29/h2-11H,1H3,(H,24,27)(H,28,29)/b15-11+. The Kier molecular flexibility index (Phi) is 5.77. The first-order valence-corrected chi connectivity index (χ1v) is 8.85. The second-order valence-electron chi connectivity index (χ2n) is 6.04. The van der Waals surface area contributed by atoms with Crippen molar-refractivity contribution in [3.63, 3.8) is 0 Å². The molecule has 29 heavy (non-hydrogen) atoms. The minimum absolute atomic E-state index is 0.0924. The minimum Gasteiger partial charge on any atom is -0.478 e. The van der Waals surface area contributed by atoms with Crippen LogP contribution in [0.1, 0.15) is 21.6 Å². The number of aromatic carboxylic acids is 1. The molecule has 0 aliphatic carbocycles. The lowest BCUT2D eigenvalue weighted by Gasteiger charge is -2.05. The highest BCUT2D eigenvalue weighted by atomic mass is 35.5. The lowest BCUT2D eigenvalue weighted by atomic mass is 10.1. The molecule has 0 aliphatic rings. The number of carboxylic acid groups (broad SMARTS) is 1. The Balaban J connectivity index is 1.88. The summed E-state index contributed by atoms with van der Waals surface area (Å²) in [5.74, 6) is -1.71. The third-order valence-corrected chi connectivity index (χ3v) is 4.46. The number of carbonyl (C=O) groups is 2. The molecule has 7 nitrogen and oxygen atoms in total. The van der Waals surface area contributed by atoms with Crippen LogP contribution in [0, 0.1) is 18.3 Å². The van der Waals surface area contributed by atoms with Gasteiger partial charge < -0.3 is 10.4 Å². The Labute approximate surface area is 171 Å². The van der Waals surface area contributed by atoms with Crippen molar-refractivity contribution in [2.24, 2.45) is 0 Å². The summed E-state index contributed by atoms with van der Waals surface area (Å²) < 4.78 is 1.53. The van der Waals surface area contributed by atoms with E-state index in [1.807, 2.05) is 36.4 Å². The van der Waals surface area contributed by atoms with Gasteiger partial charge in [-0.05, 0) is 49.4 Å². The van der Waals surface area contributed by atoms with E-state index in [0.29, 0.717) is 16.9 Å². The molecule has 3 aromatic rings. The number of aryl methyl sites for hydroxylation is 1. The van der Waals surface area contributed by atoms with Crippen molar-refractivity contribution in [3.8, 4) is 11.8 Å². The number of carboxylic acids is 1. The van der Waals surface area contributed by atoms with Gasteiger partial charge in [0.1, 0.15) is 16.8 Å². The zero-order valence-electron chi connectivity index (χ0n) is 15.3. The first kappa shape index (κ1) is 19.9. The number of halogens is 1. The fraction of sp³-hybridized carbons (Fsp3) is 0.0476. The molecule has 2 N–H and O–H groups in total. The van der Waals surface area contributed by atoms with Gasteiger partial charge in [0.15, 0.2) is 0 Å². The second-order valence-corrected chi connectivity index (χ2v) is 6.40. The van der Waals surface area contributed by atoms with Crippen LogP contribution in [0.15, 0.2) is 60.2 Å². The number of nitrogens with one attached hydrogen (secondary N) is 1. The number of hydrogen-bond donors (Lipinski definition) is 2. The smallest absolute Gasteiger partial charge is 0.335 e. The predicted octanol–water partition coefficient (Wildman–Crippen LogP) is 4.08. The van der Waals surface area contributed by atoms with Gasteiger partial charge in [0.25, 0.3) is 5.91 Å². The van der Waals surface area contributed by atoms with Gasteiger partial charge in [-0.15, -0.1) is 0 Å². The number of para-hydroxylation sites is 1. The Hall–Kier alpha value is -3.89. The van der Waals surface area contributed by atoms with Crippen LogP contribution in [0.3, 0.4) is 0 Å². The summed E-state index contributed by atoms with van der Waals surface area (Å²) in [7, 11) is 0. The number of rotatable bonds is 5. The molecule has 3 rings (SSSR count). The number of aromatic nitrogens is 2. The first-order valence-electron chi connectivity index (χ1n) is 8.47. The third-order valence-electron chi connectivity index (χ3n) is 4.09. The molecule has 8 heteroatoms. The number of hydrogen-bond acceptors (Lipinski definition) is 4. The van der Waals surface area contributed by atoms with E-state index < -0.39 is 11.9 Å². The van der Waals surface area contributed by atoms with Crippen molar-refractivity contribution in [1.29, 1.82) is 5.26 Å².